The van der Waals surface area contributed by atoms with Crippen LogP contribution in [0.2, 0.25) is 0 Å². The molecule has 144 valence electrons. The predicted molar refractivity (Wildman–Crippen MR) is 110 cm³/mol. The van der Waals surface area contributed by atoms with Gasteiger partial charge in [-0.3, -0.25) is 4.40 Å². The van der Waals surface area contributed by atoms with Crippen molar-refractivity contribution in [3.63, 3.8) is 0 Å². The largest absolute Gasteiger partial charge is 0.497 e. The molecule has 2 aromatic carbocycles. The Balaban J connectivity index is 1.56. The number of imidazole rings is 1. The monoisotopic (exact) mass is 403 g/mol. The van der Waals surface area contributed by atoms with Crippen molar-refractivity contribution in [2.24, 2.45) is 0 Å². The fourth-order valence-corrected chi connectivity index (χ4v) is 4.40. The fourth-order valence-electron chi connectivity index (χ4n) is 3.26. The van der Waals surface area contributed by atoms with Crippen LogP contribution in [0.1, 0.15) is 17.5 Å². The number of fused-ring (bicyclic) bond motifs is 1. The quantitative estimate of drug-likeness (QED) is 0.484. The zero-order valence-electron chi connectivity index (χ0n) is 15.5. The van der Waals surface area contributed by atoms with Gasteiger partial charge < -0.3 is 9.84 Å². The van der Waals surface area contributed by atoms with Crippen molar-refractivity contribution in [3.8, 4) is 21.9 Å². The number of ether oxygens (including phenoxy) is 1. The Kier molecular flexibility index (Phi) is 4.34. The summed E-state index contributed by atoms with van der Waals surface area (Å²) in [5.41, 5.74) is 3.07. The average Bonchev–Trinajstić information content (AvgIpc) is 3.50. The first-order chi connectivity index (χ1) is 14.2. The van der Waals surface area contributed by atoms with E-state index in [1.165, 1.54) is 0 Å². The van der Waals surface area contributed by atoms with Crippen molar-refractivity contribution in [1.82, 2.24) is 24.4 Å². The maximum Gasteiger partial charge on any atom is 0.141 e. The van der Waals surface area contributed by atoms with Crippen molar-refractivity contribution >= 4 is 16.2 Å². The first-order valence-corrected chi connectivity index (χ1v) is 9.81. The van der Waals surface area contributed by atoms with Crippen LogP contribution in [0, 0.1) is 0 Å². The van der Waals surface area contributed by atoms with Gasteiger partial charge in [-0.15, -0.1) is 16.4 Å². The van der Waals surface area contributed by atoms with Gasteiger partial charge in [0.2, 0.25) is 0 Å². The number of aliphatic hydroxyl groups is 1. The number of thiazole rings is 1. The number of aromatic nitrogens is 5. The molecule has 0 aliphatic carbocycles. The van der Waals surface area contributed by atoms with Gasteiger partial charge >= 0.3 is 0 Å². The molecule has 5 rings (SSSR count). The van der Waals surface area contributed by atoms with Gasteiger partial charge in [0.25, 0.3) is 0 Å². The molecule has 0 aliphatic rings. The molecule has 5 aromatic rings. The second kappa shape index (κ2) is 7.16. The minimum Gasteiger partial charge on any atom is -0.497 e. The van der Waals surface area contributed by atoms with E-state index in [0.29, 0.717) is 5.69 Å². The zero-order valence-corrected chi connectivity index (χ0v) is 16.3. The lowest BCUT2D eigenvalue weighted by Crippen LogP contribution is -2.05. The molecule has 3 heterocycles. The highest BCUT2D eigenvalue weighted by molar-refractivity contribution is 7.20. The van der Waals surface area contributed by atoms with Crippen molar-refractivity contribution in [1.29, 1.82) is 0 Å². The minimum atomic E-state index is -0.944. The molecule has 0 fully saturated rings. The van der Waals surface area contributed by atoms with Crippen LogP contribution in [0.25, 0.3) is 21.0 Å². The second-order valence-corrected chi connectivity index (χ2v) is 7.50. The van der Waals surface area contributed by atoms with E-state index in [2.05, 4.69) is 15.3 Å². The van der Waals surface area contributed by atoms with Crippen LogP contribution >= 0.6 is 11.3 Å². The lowest BCUT2D eigenvalue weighted by molar-refractivity contribution is 0.210. The van der Waals surface area contributed by atoms with Crippen LogP contribution in [0.3, 0.4) is 0 Å². The van der Waals surface area contributed by atoms with Gasteiger partial charge in [-0.2, -0.15) is 0 Å². The van der Waals surface area contributed by atoms with E-state index in [1.807, 2.05) is 59.0 Å². The number of methoxy groups -OCH3 is 1. The molecule has 1 atom stereocenters. The minimum absolute atomic E-state index is 0.464. The standard InChI is InChI=1S/C21H17N5O2S/c1-28-16-9-7-15(8-10-16)26-12-17(23-24-26)20(27)19-21(14-5-3-2-4-6-14)29-18-11-22-13-25(18)19/h2-13,20,27H,1H3. The molecule has 7 nitrogen and oxygen atoms in total. The molecule has 1 N–H and O–H groups in total. The third-order valence-electron chi connectivity index (χ3n) is 4.73. The normalized spacial score (nSPS) is 12.3. The first kappa shape index (κ1) is 17.6. The maximum absolute atomic E-state index is 11.2. The smallest absolute Gasteiger partial charge is 0.141 e. The van der Waals surface area contributed by atoms with Crippen LogP contribution in [0.4, 0.5) is 0 Å². The van der Waals surface area contributed by atoms with Crippen LogP contribution in [-0.4, -0.2) is 36.6 Å². The van der Waals surface area contributed by atoms with Gasteiger partial charge in [0.1, 0.15) is 28.7 Å². The summed E-state index contributed by atoms with van der Waals surface area (Å²) in [7, 11) is 1.63. The number of aliphatic hydroxyl groups excluding tert-OH is 1. The van der Waals surface area contributed by atoms with Gasteiger partial charge in [-0.05, 0) is 29.8 Å². The molecule has 0 saturated carbocycles. The molecule has 0 spiro atoms. The molecular weight excluding hydrogens is 386 g/mol. The third kappa shape index (κ3) is 3.08. The summed E-state index contributed by atoms with van der Waals surface area (Å²) >= 11 is 1.59. The van der Waals surface area contributed by atoms with Crippen molar-refractivity contribution in [2.45, 2.75) is 6.10 Å². The number of hydrogen-bond acceptors (Lipinski definition) is 6. The topological polar surface area (TPSA) is 77.5 Å². The lowest BCUT2D eigenvalue weighted by atomic mass is 10.1. The van der Waals surface area contributed by atoms with Crippen LogP contribution < -0.4 is 4.74 Å². The van der Waals surface area contributed by atoms with Gasteiger partial charge in [-0.25, -0.2) is 9.67 Å². The van der Waals surface area contributed by atoms with E-state index in [-0.39, 0.29) is 0 Å². The zero-order chi connectivity index (χ0) is 19.8. The van der Waals surface area contributed by atoms with Crippen molar-refractivity contribution in [2.75, 3.05) is 7.11 Å². The van der Waals surface area contributed by atoms with E-state index in [4.69, 9.17) is 4.74 Å². The third-order valence-corrected chi connectivity index (χ3v) is 5.89. The maximum atomic E-state index is 11.2. The molecule has 8 heteroatoms. The van der Waals surface area contributed by atoms with Crippen LogP contribution in [0.15, 0.2) is 73.3 Å². The molecule has 0 aliphatic heterocycles. The second-order valence-electron chi connectivity index (χ2n) is 6.47. The van der Waals surface area contributed by atoms with E-state index in [0.717, 1.165) is 32.4 Å². The highest BCUT2D eigenvalue weighted by atomic mass is 32.1. The van der Waals surface area contributed by atoms with Crippen LogP contribution in [0.5, 0.6) is 5.75 Å². The number of hydrogen-bond donors (Lipinski definition) is 1. The van der Waals surface area contributed by atoms with E-state index in [1.54, 1.807) is 41.8 Å². The van der Waals surface area contributed by atoms with E-state index < -0.39 is 6.10 Å². The van der Waals surface area contributed by atoms with Crippen LogP contribution in [-0.2, 0) is 0 Å². The SMILES string of the molecule is COc1ccc(-n2cc(C(O)c3c(-c4ccccc4)sc4cncn34)nn2)cc1. The predicted octanol–water partition coefficient (Wildman–Crippen LogP) is 3.73. The van der Waals surface area contributed by atoms with Crippen molar-refractivity contribution in [3.05, 3.63) is 84.7 Å². The van der Waals surface area contributed by atoms with Crippen molar-refractivity contribution < 1.29 is 9.84 Å². The molecule has 0 amide bonds. The van der Waals surface area contributed by atoms with Gasteiger partial charge in [0.05, 0.1) is 35.8 Å². The molecule has 29 heavy (non-hydrogen) atoms. The van der Waals surface area contributed by atoms with Gasteiger partial charge in [0.15, 0.2) is 0 Å². The van der Waals surface area contributed by atoms with Gasteiger partial charge in [-0.1, -0.05) is 35.5 Å². The summed E-state index contributed by atoms with van der Waals surface area (Å²) in [5, 5.41) is 19.6. The molecule has 0 saturated heterocycles. The summed E-state index contributed by atoms with van der Waals surface area (Å²) in [6.45, 7) is 0. The first-order valence-electron chi connectivity index (χ1n) is 8.99. The Hall–Kier alpha value is -3.49. The van der Waals surface area contributed by atoms with E-state index >= 15 is 0 Å². The Bertz CT molecular complexity index is 1260. The summed E-state index contributed by atoms with van der Waals surface area (Å²) < 4.78 is 8.74. The molecule has 0 bridgehead atoms. The average molecular weight is 403 g/mol. The highest BCUT2D eigenvalue weighted by Crippen LogP contribution is 2.38. The summed E-state index contributed by atoms with van der Waals surface area (Å²) in [6.07, 6.45) is 4.30. The summed E-state index contributed by atoms with van der Waals surface area (Å²) in [4.78, 5) is 6.15. The molecule has 1 unspecified atom stereocenters. The highest BCUT2D eigenvalue weighted by Gasteiger charge is 2.24. The molecule has 0 radical (unpaired) electrons. The fraction of sp³-hybridized carbons (Fsp3) is 0.0952. The lowest BCUT2D eigenvalue weighted by Gasteiger charge is -2.10. The Morgan fingerprint density at radius 1 is 1.07 bits per heavy atom. The van der Waals surface area contributed by atoms with Gasteiger partial charge in [0, 0.05) is 0 Å². The summed E-state index contributed by atoms with van der Waals surface area (Å²) in [6, 6.07) is 17.5. The summed E-state index contributed by atoms with van der Waals surface area (Å²) in [5.74, 6) is 0.766. The molecule has 3 aromatic heterocycles. The number of rotatable bonds is 5. The Morgan fingerprint density at radius 2 is 1.86 bits per heavy atom. The number of nitrogens with zero attached hydrogens (tertiary/aromatic N) is 5. The Labute approximate surface area is 170 Å². The molecular formula is C21H17N5O2S. The Morgan fingerprint density at radius 3 is 2.62 bits per heavy atom. The van der Waals surface area contributed by atoms with E-state index in [9.17, 15) is 5.11 Å². The number of benzene rings is 2.